The van der Waals surface area contributed by atoms with Crippen molar-refractivity contribution >= 4 is 53.0 Å². The predicted octanol–water partition coefficient (Wildman–Crippen LogP) is 5.15. The highest BCUT2D eigenvalue weighted by Crippen LogP contribution is 2.43. The minimum absolute atomic E-state index is 0. The van der Waals surface area contributed by atoms with Gasteiger partial charge in [0.1, 0.15) is 6.04 Å². The molecular weight excluding hydrogens is 465 g/mol. The maximum atomic E-state index is 12.6. The number of thiophene rings is 1. The molecule has 32 heavy (non-hydrogen) atoms. The third-order valence-corrected chi connectivity index (χ3v) is 7.73. The van der Waals surface area contributed by atoms with Crippen molar-refractivity contribution in [3.8, 4) is 0 Å². The Hall–Kier alpha value is -1.57. The lowest BCUT2D eigenvalue weighted by Gasteiger charge is -2.45. The molecule has 2 heterocycles. The third-order valence-electron chi connectivity index (χ3n) is 6.67. The summed E-state index contributed by atoms with van der Waals surface area (Å²) >= 11 is 1.84. The standard InChI is InChI=1S/C24H31N3O2S.2ClH/c1-27(2)24(22-9-6-14-30-22)12-10-18(11-13-24)26-21(23(28)29-3)15-17-16-25-20-8-5-4-7-19(17)20;;/h4-9,14,16,18,21,25-26H,10-13,15H2,1-3H3;2*1H. The lowest BCUT2D eigenvalue weighted by molar-refractivity contribution is -0.143. The van der Waals surface area contributed by atoms with Crippen molar-refractivity contribution in [1.82, 2.24) is 15.2 Å². The Morgan fingerprint density at radius 2 is 1.94 bits per heavy atom. The van der Waals surface area contributed by atoms with E-state index >= 15 is 0 Å². The van der Waals surface area contributed by atoms with Crippen LogP contribution in [0.15, 0.2) is 48.0 Å². The van der Waals surface area contributed by atoms with Crippen molar-refractivity contribution in [3.05, 3.63) is 58.4 Å². The number of ether oxygens (including phenoxy) is 1. The van der Waals surface area contributed by atoms with Crippen molar-refractivity contribution in [1.29, 1.82) is 0 Å². The molecule has 1 atom stereocenters. The van der Waals surface area contributed by atoms with Crippen LogP contribution in [-0.4, -0.2) is 49.1 Å². The number of benzene rings is 1. The SMILES string of the molecule is COC(=O)C(Cc1c[nH]c2ccccc12)NC1CCC(c2cccs2)(N(C)C)CC1.Cl.Cl. The van der Waals surface area contributed by atoms with Crippen LogP contribution >= 0.6 is 36.2 Å². The number of H-pyrrole nitrogens is 1. The lowest BCUT2D eigenvalue weighted by Crippen LogP contribution is -2.51. The van der Waals surface area contributed by atoms with Crippen molar-refractivity contribution in [2.75, 3.05) is 21.2 Å². The molecule has 0 bridgehead atoms. The monoisotopic (exact) mass is 497 g/mol. The van der Waals surface area contributed by atoms with Crippen LogP contribution in [0.2, 0.25) is 0 Å². The Morgan fingerprint density at radius 1 is 1.22 bits per heavy atom. The first-order chi connectivity index (χ1) is 14.5. The summed E-state index contributed by atoms with van der Waals surface area (Å²) in [5, 5.41) is 6.96. The van der Waals surface area contributed by atoms with E-state index in [-0.39, 0.29) is 42.4 Å². The molecule has 1 saturated carbocycles. The highest BCUT2D eigenvalue weighted by atomic mass is 35.5. The zero-order valence-corrected chi connectivity index (χ0v) is 21.2. The van der Waals surface area contributed by atoms with Gasteiger partial charge in [-0.3, -0.25) is 9.69 Å². The normalized spacial score (nSPS) is 21.6. The van der Waals surface area contributed by atoms with E-state index in [9.17, 15) is 4.79 Å². The zero-order chi connectivity index (χ0) is 21.1. The maximum absolute atomic E-state index is 12.6. The van der Waals surface area contributed by atoms with Crippen LogP contribution in [-0.2, 0) is 21.5 Å². The third kappa shape index (κ3) is 5.32. The molecule has 0 amide bonds. The van der Waals surface area contributed by atoms with Crippen LogP contribution in [0.4, 0.5) is 0 Å². The largest absolute Gasteiger partial charge is 0.468 e. The average molecular weight is 499 g/mol. The van der Waals surface area contributed by atoms with E-state index in [1.54, 1.807) is 0 Å². The fourth-order valence-corrected chi connectivity index (χ4v) is 5.94. The second-order valence-corrected chi connectivity index (χ2v) is 9.43. The Morgan fingerprint density at radius 3 is 2.56 bits per heavy atom. The van der Waals surface area contributed by atoms with E-state index in [1.165, 1.54) is 17.4 Å². The molecule has 5 nitrogen and oxygen atoms in total. The molecule has 0 radical (unpaired) electrons. The number of aromatic nitrogens is 1. The number of carbonyl (C=O) groups is 1. The predicted molar refractivity (Wildman–Crippen MR) is 137 cm³/mol. The van der Waals surface area contributed by atoms with E-state index in [1.807, 2.05) is 29.7 Å². The second-order valence-electron chi connectivity index (χ2n) is 8.48. The summed E-state index contributed by atoms with van der Waals surface area (Å²) in [4.78, 5) is 19.7. The molecule has 0 aliphatic heterocycles. The number of hydrogen-bond donors (Lipinski definition) is 2. The number of rotatable bonds is 7. The molecule has 8 heteroatoms. The number of methoxy groups -OCH3 is 1. The van der Waals surface area contributed by atoms with Crippen LogP contribution in [0.1, 0.15) is 36.1 Å². The van der Waals surface area contributed by atoms with Gasteiger partial charge in [-0.25, -0.2) is 0 Å². The summed E-state index contributed by atoms with van der Waals surface area (Å²) in [5.74, 6) is -0.192. The molecular formula is C24H33Cl2N3O2S. The molecule has 2 aromatic heterocycles. The number of halogens is 2. The fourth-order valence-electron chi connectivity index (χ4n) is 4.88. The quantitative estimate of drug-likeness (QED) is 0.443. The summed E-state index contributed by atoms with van der Waals surface area (Å²) in [7, 11) is 5.84. The van der Waals surface area contributed by atoms with Crippen molar-refractivity contribution in [2.24, 2.45) is 0 Å². The van der Waals surface area contributed by atoms with Gasteiger partial charge in [0, 0.05) is 34.4 Å². The van der Waals surface area contributed by atoms with Crippen LogP contribution in [0, 0.1) is 0 Å². The summed E-state index contributed by atoms with van der Waals surface area (Å²) in [6.45, 7) is 0. The lowest BCUT2D eigenvalue weighted by atomic mass is 9.77. The highest BCUT2D eigenvalue weighted by molar-refractivity contribution is 7.10. The fraction of sp³-hybridized carbons (Fsp3) is 0.458. The first-order valence-electron chi connectivity index (χ1n) is 10.6. The van der Waals surface area contributed by atoms with Crippen molar-refractivity contribution in [3.63, 3.8) is 0 Å². The van der Waals surface area contributed by atoms with E-state index in [0.717, 1.165) is 36.8 Å². The second kappa shape index (κ2) is 11.5. The number of esters is 1. The average Bonchev–Trinajstić information content (AvgIpc) is 3.44. The van der Waals surface area contributed by atoms with Crippen LogP contribution in [0.5, 0.6) is 0 Å². The smallest absolute Gasteiger partial charge is 0.323 e. The number of nitrogens with zero attached hydrogens (tertiary/aromatic N) is 1. The van der Waals surface area contributed by atoms with Gasteiger partial charge in [-0.2, -0.15) is 0 Å². The van der Waals surface area contributed by atoms with Crippen molar-refractivity contribution in [2.45, 2.75) is 49.7 Å². The molecule has 0 spiro atoms. The Balaban J connectivity index is 0.00000181. The molecule has 3 aromatic rings. The van der Waals surface area contributed by atoms with Crippen LogP contribution in [0.3, 0.4) is 0 Å². The molecule has 1 aliphatic carbocycles. The number of nitrogens with one attached hydrogen (secondary N) is 2. The minimum Gasteiger partial charge on any atom is -0.468 e. The van der Waals surface area contributed by atoms with Crippen LogP contribution in [0.25, 0.3) is 10.9 Å². The number of para-hydroxylation sites is 1. The molecule has 2 N–H and O–H groups in total. The number of fused-ring (bicyclic) bond motifs is 1. The van der Waals surface area contributed by atoms with Gasteiger partial charge in [0.2, 0.25) is 0 Å². The Labute approximate surface area is 206 Å². The summed E-state index contributed by atoms with van der Waals surface area (Å²) in [6.07, 6.45) is 6.88. The number of hydrogen-bond acceptors (Lipinski definition) is 5. The first kappa shape index (κ1) is 26.7. The molecule has 1 aliphatic rings. The van der Waals surface area contributed by atoms with E-state index in [4.69, 9.17) is 4.74 Å². The molecule has 1 aromatic carbocycles. The van der Waals surface area contributed by atoms with Gasteiger partial charge >= 0.3 is 5.97 Å². The Kier molecular flexibility index (Phi) is 9.61. The molecule has 1 fully saturated rings. The van der Waals surface area contributed by atoms with Gasteiger partial charge in [-0.1, -0.05) is 24.3 Å². The van der Waals surface area contributed by atoms with Gasteiger partial charge in [0.15, 0.2) is 0 Å². The van der Waals surface area contributed by atoms with E-state index in [0.29, 0.717) is 12.5 Å². The van der Waals surface area contributed by atoms with Crippen LogP contribution < -0.4 is 5.32 Å². The van der Waals surface area contributed by atoms with Gasteiger partial charge in [0.05, 0.1) is 12.6 Å². The van der Waals surface area contributed by atoms with E-state index in [2.05, 4.69) is 58.9 Å². The van der Waals surface area contributed by atoms with Gasteiger partial charge < -0.3 is 15.0 Å². The minimum atomic E-state index is -0.340. The molecule has 1 unspecified atom stereocenters. The highest BCUT2D eigenvalue weighted by Gasteiger charge is 2.40. The summed E-state index contributed by atoms with van der Waals surface area (Å²) in [5.41, 5.74) is 2.34. The summed E-state index contributed by atoms with van der Waals surface area (Å²) in [6, 6.07) is 12.6. The van der Waals surface area contributed by atoms with Gasteiger partial charge in [-0.05, 0) is 62.9 Å². The number of aromatic amines is 1. The molecule has 4 rings (SSSR count). The van der Waals surface area contributed by atoms with Gasteiger partial charge in [0.25, 0.3) is 0 Å². The summed E-state index contributed by atoms with van der Waals surface area (Å²) < 4.78 is 5.13. The maximum Gasteiger partial charge on any atom is 0.323 e. The van der Waals surface area contributed by atoms with Crippen molar-refractivity contribution < 1.29 is 9.53 Å². The van der Waals surface area contributed by atoms with Gasteiger partial charge in [-0.15, -0.1) is 36.2 Å². The van der Waals surface area contributed by atoms with E-state index < -0.39 is 0 Å². The zero-order valence-electron chi connectivity index (χ0n) is 18.8. The number of carbonyl (C=O) groups excluding carboxylic acids is 1. The first-order valence-corrected chi connectivity index (χ1v) is 11.5. The topological polar surface area (TPSA) is 57.4 Å². The molecule has 176 valence electrons. The molecule has 0 saturated heterocycles. The Bertz CT molecular complexity index is 982.